The maximum absolute atomic E-state index is 12.6. The molecule has 1 heterocycles. The first-order chi connectivity index (χ1) is 9.45. The van der Waals surface area contributed by atoms with Gasteiger partial charge in [-0.1, -0.05) is 29.3 Å². The minimum absolute atomic E-state index is 0.164. The molecule has 0 saturated heterocycles. The molecule has 0 bridgehead atoms. The van der Waals surface area contributed by atoms with Crippen molar-refractivity contribution < 1.29 is 9.53 Å². The van der Waals surface area contributed by atoms with Crippen molar-refractivity contribution >= 4 is 29.0 Å². The molecular weight excluding hydrogens is 297 g/mol. The zero-order valence-electron chi connectivity index (χ0n) is 11.3. The topological polar surface area (TPSA) is 39.2 Å². The lowest BCUT2D eigenvalue weighted by molar-refractivity contribution is 0.103. The van der Waals surface area contributed by atoms with Crippen LogP contribution in [0.3, 0.4) is 0 Å². The maximum Gasteiger partial charge on any atom is 0.216 e. The summed E-state index contributed by atoms with van der Waals surface area (Å²) in [5.41, 5.74) is 2.57. The number of carbonyl (C=O) groups excluding carboxylic acids is 1. The third kappa shape index (κ3) is 2.65. The molecule has 0 aliphatic carbocycles. The average molecular weight is 310 g/mol. The molecule has 0 fully saturated rings. The normalized spacial score (nSPS) is 10.4. The number of halogens is 2. The summed E-state index contributed by atoms with van der Waals surface area (Å²) >= 11 is 11.8. The van der Waals surface area contributed by atoms with Crippen LogP contribution in [0.1, 0.15) is 27.2 Å². The zero-order valence-corrected chi connectivity index (χ0v) is 12.8. The molecule has 1 aromatic carbocycles. The van der Waals surface area contributed by atoms with Crippen molar-refractivity contribution in [1.82, 2.24) is 4.98 Å². The van der Waals surface area contributed by atoms with Gasteiger partial charge in [-0.25, -0.2) is 4.98 Å². The highest BCUT2D eigenvalue weighted by Gasteiger charge is 2.20. The van der Waals surface area contributed by atoms with Gasteiger partial charge in [-0.15, -0.1) is 0 Å². The second kappa shape index (κ2) is 5.81. The monoisotopic (exact) mass is 309 g/mol. The first kappa shape index (κ1) is 14.8. The van der Waals surface area contributed by atoms with E-state index >= 15 is 0 Å². The number of ether oxygens (including phenoxy) is 1. The molecule has 3 nitrogen and oxygen atoms in total. The van der Waals surface area contributed by atoms with Crippen LogP contribution in [-0.2, 0) is 0 Å². The molecule has 2 rings (SSSR count). The average Bonchev–Trinajstić information content (AvgIpc) is 2.41. The van der Waals surface area contributed by atoms with E-state index in [-0.39, 0.29) is 16.5 Å². The van der Waals surface area contributed by atoms with Crippen LogP contribution in [-0.4, -0.2) is 17.9 Å². The number of hydrogen-bond acceptors (Lipinski definition) is 3. The Morgan fingerprint density at radius 1 is 1.25 bits per heavy atom. The molecule has 1 aromatic heterocycles. The number of nitrogens with zero attached hydrogens (tertiary/aromatic N) is 1. The molecule has 20 heavy (non-hydrogen) atoms. The second-order valence-electron chi connectivity index (χ2n) is 4.40. The van der Waals surface area contributed by atoms with E-state index < -0.39 is 0 Å². The molecule has 0 atom stereocenters. The third-order valence-corrected chi connectivity index (χ3v) is 3.64. The van der Waals surface area contributed by atoms with Crippen LogP contribution in [0.4, 0.5) is 0 Å². The maximum atomic E-state index is 12.6. The molecule has 2 aromatic rings. The van der Waals surface area contributed by atoms with Crippen molar-refractivity contribution in [2.75, 3.05) is 7.11 Å². The van der Waals surface area contributed by atoms with Gasteiger partial charge < -0.3 is 4.74 Å². The molecule has 104 valence electrons. The standard InChI is InChI=1S/C15H13Cl2NO2/c1-8-4-5-11(15(20-3)9(8)2)14(19)13-12(17)6-10(16)7-18-13/h4-7H,1-3H3. The van der Waals surface area contributed by atoms with Crippen LogP contribution < -0.4 is 4.74 Å². The van der Waals surface area contributed by atoms with Crippen molar-refractivity contribution in [3.8, 4) is 5.75 Å². The van der Waals surface area contributed by atoms with Crippen molar-refractivity contribution in [1.29, 1.82) is 0 Å². The molecule has 0 aliphatic heterocycles. The van der Waals surface area contributed by atoms with E-state index in [2.05, 4.69) is 4.98 Å². The van der Waals surface area contributed by atoms with Gasteiger partial charge in [0.15, 0.2) is 0 Å². The van der Waals surface area contributed by atoms with Gasteiger partial charge in [-0.05, 0) is 37.1 Å². The summed E-state index contributed by atoms with van der Waals surface area (Å²) in [4.78, 5) is 16.6. The first-order valence-electron chi connectivity index (χ1n) is 5.95. The van der Waals surface area contributed by atoms with Crippen molar-refractivity contribution in [3.63, 3.8) is 0 Å². The van der Waals surface area contributed by atoms with E-state index in [0.29, 0.717) is 16.3 Å². The van der Waals surface area contributed by atoms with Crippen LogP contribution in [0.25, 0.3) is 0 Å². The van der Waals surface area contributed by atoms with Gasteiger partial charge in [0.25, 0.3) is 0 Å². The fourth-order valence-corrected chi connectivity index (χ4v) is 2.41. The summed E-state index contributed by atoms with van der Waals surface area (Å²) in [6, 6.07) is 5.09. The van der Waals surface area contributed by atoms with Crippen LogP contribution >= 0.6 is 23.2 Å². The number of rotatable bonds is 3. The Morgan fingerprint density at radius 3 is 2.55 bits per heavy atom. The SMILES string of the molecule is COc1c(C(=O)c2ncc(Cl)cc2Cl)ccc(C)c1C. The molecular formula is C15H13Cl2NO2. The Balaban J connectivity index is 2.56. The molecule has 0 radical (unpaired) electrons. The lowest BCUT2D eigenvalue weighted by Gasteiger charge is -2.13. The lowest BCUT2D eigenvalue weighted by Crippen LogP contribution is -2.08. The highest BCUT2D eigenvalue weighted by molar-refractivity contribution is 6.37. The Hall–Kier alpha value is -1.58. The molecule has 0 unspecified atom stereocenters. The summed E-state index contributed by atoms with van der Waals surface area (Å²) in [5.74, 6) is 0.259. The van der Waals surface area contributed by atoms with E-state index in [4.69, 9.17) is 27.9 Å². The van der Waals surface area contributed by atoms with E-state index in [1.54, 1.807) is 6.07 Å². The van der Waals surface area contributed by atoms with E-state index in [1.165, 1.54) is 19.4 Å². The van der Waals surface area contributed by atoms with Crippen LogP contribution in [0.2, 0.25) is 10.0 Å². The van der Waals surface area contributed by atoms with E-state index in [9.17, 15) is 4.79 Å². The van der Waals surface area contributed by atoms with E-state index in [1.807, 2.05) is 19.9 Å². The molecule has 0 aliphatic rings. The first-order valence-corrected chi connectivity index (χ1v) is 6.71. The van der Waals surface area contributed by atoms with Gasteiger partial charge >= 0.3 is 0 Å². The number of pyridine rings is 1. The van der Waals surface area contributed by atoms with Crippen LogP contribution in [0, 0.1) is 13.8 Å². The summed E-state index contributed by atoms with van der Waals surface area (Å²) in [6.45, 7) is 3.86. The minimum atomic E-state index is -0.286. The zero-order chi connectivity index (χ0) is 14.9. The van der Waals surface area contributed by atoms with Crippen LogP contribution in [0.15, 0.2) is 24.4 Å². The van der Waals surface area contributed by atoms with E-state index in [0.717, 1.165) is 11.1 Å². The Bertz CT molecular complexity index is 684. The van der Waals surface area contributed by atoms with Crippen LogP contribution in [0.5, 0.6) is 5.75 Å². The summed E-state index contributed by atoms with van der Waals surface area (Å²) < 4.78 is 5.35. The lowest BCUT2D eigenvalue weighted by atomic mass is 10.00. The summed E-state index contributed by atoms with van der Waals surface area (Å²) in [6.07, 6.45) is 1.40. The van der Waals surface area contributed by atoms with Gasteiger partial charge in [0, 0.05) is 6.20 Å². The molecule has 0 spiro atoms. The quantitative estimate of drug-likeness (QED) is 0.796. The van der Waals surface area contributed by atoms with Gasteiger partial charge in [0.2, 0.25) is 5.78 Å². The van der Waals surface area contributed by atoms with Crippen molar-refractivity contribution in [2.45, 2.75) is 13.8 Å². The third-order valence-electron chi connectivity index (χ3n) is 3.15. The largest absolute Gasteiger partial charge is 0.496 e. The Kier molecular flexibility index (Phi) is 4.31. The smallest absolute Gasteiger partial charge is 0.216 e. The number of aromatic nitrogens is 1. The second-order valence-corrected chi connectivity index (χ2v) is 5.24. The number of ketones is 1. The molecule has 0 N–H and O–H groups in total. The highest BCUT2D eigenvalue weighted by atomic mass is 35.5. The predicted molar refractivity (Wildman–Crippen MR) is 80.2 cm³/mol. The Morgan fingerprint density at radius 2 is 1.95 bits per heavy atom. The van der Waals surface area contributed by atoms with Gasteiger partial charge in [-0.2, -0.15) is 0 Å². The number of methoxy groups -OCH3 is 1. The minimum Gasteiger partial charge on any atom is -0.496 e. The summed E-state index contributed by atoms with van der Waals surface area (Å²) in [7, 11) is 1.54. The number of hydrogen-bond donors (Lipinski definition) is 0. The fraction of sp³-hybridized carbons (Fsp3) is 0.200. The number of benzene rings is 1. The van der Waals surface area contributed by atoms with Gasteiger partial charge in [-0.3, -0.25) is 4.79 Å². The fourth-order valence-electron chi connectivity index (χ4n) is 1.94. The molecule has 0 amide bonds. The number of carbonyl (C=O) groups is 1. The van der Waals surface area contributed by atoms with Gasteiger partial charge in [0.05, 0.1) is 22.7 Å². The number of aryl methyl sites for hydroxylation is 1. The Labute approximate surface area is 127 Å². The van der Waals surface area contributed by atoms with Gasteiger partial charge in [0.1, 0.15) is 11.4 Å². The van der Waals surface area contributed by atoms with Crippen molar-refractivity contribution in [3.05, 3.63) is 56.8 Å². The highest BCUT2D eigenvalue weighted by Crippen LogP contribution is 2.29. The molecule has 0 saturated carbocycles. The predicted octanol–water partition coefficient (Wildman–Crippen LogP) is 4.24. The van der Waals surface area contributed by atoms with Crippen molar-refractivity contribution in [2.24, 2.45) is 0 Å². The molecule has 5 heteroatoms. The summed E-state index contributed by atoms with van der Waals surface area (Å²) in [5, 5.41) is 0.612.